The van der Waals surface area contributed by atoms with Crippen molar-refractivity contribution >= 4 is 17.7 Å². The van der Waals surface area contributed by atoms with Crippen LogP contribution in [-0.4, -0.2) is 48.4 Å². The normalized spacial score (nSPS) is 23.4. The topological polar surface area (TPSA) is 72.9 Å². The summed E-state index contributed by atoms with van der Waals surface area (Å²) in [5.41, 5.74) is -1.14. The molecule has 1 fully saturated rings. The number of hydrogen-bond donors (Lipinski definition) is 0. The van der Waals surface area contributed by atoms with E-state index in [2.05, 4.69) is 0 Å². The Morgan fingerprint density at radius 2 is 1.91 bits per heavy atom. The highest BCUT2D eigenvalue weighted by Gasteiger charge is 2.51. The standard InChI is InChI=1S/C17H21NO5/c1-12(19)13-9-17(2,16(21)22-3)18(10-13)15(20)11-23-14-7-5-4-6-8-14/h4-8,13H,9-11H2,1-3H3/t13-,17+/m1/s1. The largest absolute Gasteiger partial charge is 0.484 e. The number of Topliss-reactive ketones (excluding diaryl/α,β-unsaturated/α-hetero) is 1. The lowest BCUT2D eigenvalue weighted by Crippen LogP contribution is -2.52. The number of hydrogen-bond acceptors (Lipinski definition) is 5. The molecule has 1 aliphatic rings. The third-order valence-electron chi connectivity index (χ3n) is 4.25. The van der Waals surface area contributed by atoms with E-state index in [1.165, 1.54) is 18.9 Å². The molecule has 23 heavy (non-hydrogen) atoms. The van der Waals surface area contributed by atoms with Crippen LogP contribution in [0.1, 0.15) is 20.3 Å². The minimum Gasteiger partial charge on any atom is -0.484 e. The molecule has 1 aliphatic heterocycles. The molecule has 1 aromatic rings. The van der Waals surface area contributed by atoms with Crippen LogP contribution >= 0.6 is 0 Å². The molecule has 0 radical (unpaired) electrons. The lowest BCUT2D eigenvalue weighted by atomic mass is 9.92. The van der Waals surface area contributed by atoms with Crippen LogP contribution in [0.25, 0.3) is 0 Å². The fourth-order valence-electron chi connectivity index (χ4n) is 2.88. The van der Waals surface area contributed by atoms with Gasteiger partial charge in [0.25, 0.3) is 5.91 Å². The quantitative estimate of drug-likeness (QED) is 0.768. The number of nitrogens with zero attached hydrogens (tertiary/aromatic N) is 1. The molecule has 0 aliphatic carbocycles. The van der Waals surface area contributed by atoms with Gasteiger partial charge in [-0.25, -0.2) is 4.79 Å². The average molecular weight is 319 g/mol. The summed E-state index contributed by atoms with van der Waals surface area (Å²) in [4.78, 5) is 37.7. The van der Waals surface area contributed by atoms with Crippen LogP contribution in [0.2, 0.25) is 0 Å². The number of benzene rings is 1. The maximum Gasteiger partial charge on any atom is 0.331 e. The van der Waals surface area contributed by atoms with Crippen LogP contribution in [0.5, 0.6) is 5.75 Å². The van der Waals surface area contributed by atoms with Gasteiger partial charge in [0.05, 0.1) is 7.11 Å². The van der Waals surface area contributed by atoms with Crippen molar-refractivity contribution in [3.63, 3.8) is 0 Å². The molecule has 124 valence electrons. The molecule has 2 rings (SSSR count). The van der Waals surface area contributed by atoms with Gasteiger partial charge in [0.15, 0.2) is 6.61 Å². The highest BCUT2D eigenvalue weighted by Crippen LogP contribution is 2.34. The Morgan fingerprint density at radius 3 is 2.48 bits per heavy atom. The third-order valence-corrected chi connectivity index (χ3v) is 4.25. The number of likely N-dealkylation sites (tertiary alicyclic amines) is 1. The molecule has 0 unspecified atom stereocenters. The van der Waals surface area contributed by atoms with Gasteiger partial charge in [0.1, 0.15) is 17.1 Å². The zero-order valence-corrected chi connectivity index (χ0v) is 13.6. The number of carbonyl (C=O) groups is 3. The molecule has 0 bridgehead atoms. The van der Waals surface area contributed by atoms with Gasteiger partial charge in [-0.2, -0.15) is 0 Å². The first-order valence-corrected chi connectivity index (χ1v) is 7.45. The van der Waals surface area contributed by atoms with Gasteiger partial charge in [-0.05, 0) is 32.4 Å². The van der Waals surface area contributed by atoms with Crippen molar-refractivity contribution in [2.45, 2.75) is 25.8 Å². The highest BCUT2D eigenvalue weighted by atomic mass is 16.5. The Hall–Kier alpha value is -2.37. The number of methoxy groups -OCH3 is 1. The molecule has 6 heteroatoms. The molecule has 0 N–H and O–H groups in total. The Labute approximate surface area is 135 Å². The maximum atomic E-state index is 12.5. The van der Waals surface area contributed by atoms with Crippen LogP contribution in [-0.2, 0) is 19.1 Å². The van der Waals surface area contributed by atoms with Crippen LogP contribution in [0.4, 0.5) is 0 Å². The minimum absolute atomic E-state index is 0.0422. The number of para-hydroxylation sites is 1. The van der Waals surface area contributed by atoms with Gasteiger partial charge < -0.3 is 14.4 Å². The lowest BCUT2D eigenvalue weighted by Gasteiger charge is -2.32. The zero-order valence-electron chi connectivity index (χ0n) is 13.6. The monoisotopic (exact) mass is 319 g/mol. The maximum absolute atomic E-state index is 12.5. The minimum atomic E-state index is -1.14. The molecular formula is C17H21NO5. The van der Waals surface area contributed by atoms with E-state index in [1.807, 2.05) is 6.07 Å². The number of ketones is 1. The van der Waals surface area contributed by atoms with Crippen molar-refractivity contribution in [3.8, 4) is 5.75 Å². The van der Waals surface area contributed by atoms with Crippen molar-refractivity contribution in [2.24, 2.45) is 5.92 Å². The summed E-state index contributed by atoms with van der Waals surface area (Å²) in [5, 5.41) is 0. The van der Waals surface area contributed by atoms with Crippen molar-refractivity contribution in [3.05, 3.63) is 30.3 Å². The fourth-order valence-corrected chi connectivity index (χ4v) is 2.88. The summed E-state index contributed by atoms with van der Waals surface area (Å²) in [6, 6.07) is 8.95. The van der Waals surface area contributed by atoms with E-state index in [9.17, 15) is 14.4 Å². The molecule has 0 aromatic heterocycles. The molecule has 0 spiro atoms. The number of carbonyl (C=O) groups excluding carboxylic acids is 3. The SMILES string of the molecule is COC(=O)[C@]1(C)C[C@@H](C(C)=O)CN1C(=O)COc1ccccc1. The van der Waals surface area contributed by atoms with E-state index < -0.39 is 11.5 Å². The lowest BCUT2D eigenvalue weighted by molar-refractivity contribution is -0.158. The first-order chi connectivity index (χ1) is 10.9. The summed E-state index contributed by atoms with van der Waals surface area (Å²) < 4.78 is 10.3. The first-order valence-electron chi connectivity index (χ1n) is 7.45. The van der Waals surface area contributed by atoms with Gasteiger partial charge in [-0.15, -0.1) is 0 Å². The van der Waals surface area contributed by atoms with Gasteiger partial charge in [0, 0.05) is 12.5 Å². The van der Waals surface area contributed by atoms with Crippen molar-refractivity contribution in [1.29, 1.82) is 0 Å². The molecule has 1 heterocycles. The Kier molecular flexibility index (Phi) is 5.03. The highest BCUT2D eigenvalue weighted by molar-refractivity contribution is 5.91. The number of rotatable bonds is 5. The molecular weight excluding hydrogens is 298 g/mol. The number of amides is 1. The van der Waals surface area contributed by atoms with E-state index in [0.717, 1.165) is 0 Å². The Bertz CT molecular complexity index is 600. The van der Waals surface area contributed by atoms with E-state index in [-0.39, 0.29) is 37.2 Å². The average Bonchev–Trinajstić information content (AvgIpc) is 2.92. The van der Waals surface area contributed by atoms with Crippen molar-refractivity contribution in [1.82, 2.24) is 4.90 Å². The second kappa shape index (κ2) is 6.81. The van der Waals surface area contributed by atoms with E-state index in [0.29, 0.717) is 5.75 Å². The van der Waals surface area contributed by atoms with Crippen molar-refractivity contribution in [2.75, 3.05) is 20.3 Å². The third kappa shape index (κ3) is 3.52. The van der Waals surface area contributed by atoms with Gasteiger partial charge >= 0.3 is 5.97 Å². The summed E-state index contributed by atoms with van der Waals surface area (Å²) in [6.07, 6.45) is 0.270. The first kappa shape index (κ1) is 17.0. The van der Waals surface area contributed by atoms with E-state index in [4.69, 9.17) is 9.47 Å². The molecule has 6 nitrogen and oxygen atoms in total. The summed E-state index contributed by atoms with van der Waals surface area (Å²) >= 11 is 0. The predicted molar refractivity (Wildman–Crippen MR) is 82.9 cm³/mol. The van der Waals surface area contributed by atoms with Crippen molar-refractivity contribution < 1.29 is 23.9 Å². The van der Waals surface area contributed by atoms with Crippen LogP contribution < -0.4 is 4.74 Å². The summed E-state index contributed by atoms with van der Waals surface area (Å²) in [5.74, 6) is -0.693. The van der Waals surface area contributed by atoms with Crippen LogP contribution in [0.3, 0.4) is 0 Å². The molecule has 1 amide bonds. The smallest absolute Gasteiger partial charge is 0.331 e. The second-order valence-corrected chi connectivity index (χ2v) is 5.88. The molecule has 0 saturated carbocycles. The number of esters is 1. The Morgan fingerprint density at radius 1 is 1.26 bits per heavy atom. The van der Waals surface area contributed by atoms with Gasteiger partial charge in [0.2, 0.25) is 0 Å². The summed E-state index contributed by atoms with van der Waals surface area (Å²) in [6.45, 7) is 3.11. The van der Waals surface area contributed by atoms with Gasteiger partial charge in [-0.1, -0.05) is 18.2 Å². The second-order valence-electron chi connectivity index (χ2n) is 5.88. The Balaban J connectivity index is 2.12. The zero-order chi connectivity index (χ0) is 17.0. The van der Waals surface area contributed by atoms with Crippen LogP contribution in [0.15, 0.2) is 30.3 Å². The fraction of sp³-hybridized carbons (Fsp3) is 0.471. The summed E-state index contributed by atoms with van der Waals surface area (Å²) in [7, 11) is 1.28. The molecule has 2 atom stereocenters. The van der Waals surface area contributed by atoms with Gasteiger partial charge in [-0.3, -0.25) is 9.59 Å². The van der Waals surface area contributed by atoms with E-state index in [1.54, 1.807) is 31.2 Å². The molecule has 1 aromatic carbocycles. The van der Waals surface area contributed by atoms with Crippen LogP contribution in [0, 0.1) is 5.92 Å². The van der Waals surface area contributed by atoms with E-state index >= 15 is 0 Å². The molecule has 1 saturated heterocycles. The number of ether oxygens (including phenoxy) is 2. The predicted octanol–water partition coefficient (Wildman–Crippen LogP) is 1.43.